The van der Waals surface area contributed by atoms with Crippen molar-refractivity contribution in [3.05, 3.63) is 0 Å². The monoisotopic (exact) mass is 276 g/mol. The van der Waals surface area contributed by atoms with Gasteiger partial charge in [0.2, 0.25) is 0 Å². The van der Waals surface area contributed by atoms with Crippen LogP contribution in [0.1, 0.15) is 0 Å². The maximum atomic E-state index is 12.0. The third-order valence-electron chi connectivity index (χ3n) is 0.997. The number of alkyl halides is 7. The van der Waals surface area contributed by atoms with Crippen molar-refractivity contribution in [2.75, 3.05) is 0 Å². The first-order valence-electron chi connectivity index (χ1n) is 2.47. The van der Waals surface area contributed by atoms with Gasteiger partial charge in [-0.25, -0.2) is 0 Å². The fraction of sp³-hybridized carbons (Fsp3) is 0.750. The fourth-order valence-corrected chi connectivity index (χ4v) is 0.550. The van der Waals surface area contributed by atoms with Crippen LogP contribution in [0.5, 0.6) is 0 Å². The van der Waals surface area contributed by atoms with Gasteiger partial charge in [-0.3, -0.25) is 4.79 Å². The number of hydrogen-bond donors (Lipinski definition) is 0. The van der Waals surface area contributed by atoms with Gasteiger partial charge in [0.15, 0.2) is 0 Å². The van der Waals surface area contributed by atoms with Gasteiger partial charge in [-0.15, -0.1) is 0 Å². The van der Waals surface area contributed by atoms with Gasteiger partial charge in [-0.05, 0) is 15.9 Å². The number of halogens is 8. The Kier molecular flexibility index (Phi) is 3.02. The molecule has 0 aliphatic rings. The van der Waals surface area contributed by atoms with Gasteiger partial charge in [0.05, 0.1) is 0 Å². The van der Waals surface area contributed by atoms with Crippen molar-refractivity contribution < 1.29 is 35.5 Å². The zero-order chi connectivity index (χ0) is 11.1. The Labute approximate surface area is 75.0 Å². The van der Waals surface area contributed by atoms with Crippen molar-refractivity contribution in [1.29, 1.82) is 0 Å². The first-order chi connectivity index (χ1) is 5.44. The van der Waals surface area contributed by atoms with E-state index in [1.807, 2.05) is 0 Å². The Balaban J connectivity index is 5.16. The minimum Gasteiger partial charge on any atom is -0.254 e. The Morgan fingerprint density at radius 1 is 1.00 bits per heavy atom. The lowest BCUT2D eigenvalue weighted by Crippen LogP contribution is -2.54. The van der Waals surface area contributed by atoms with E-state index in [1.165, 1.54) is 0 Å². The van der Waals surface area contributed by atoms with Gasteiger partial charge in [0.1, 0.15) is 0 Å². The molecular formula is C4BrF7O. The Hall–Kier alpha value is -0.340. The summed E-state index contributed by atoms with van der Waals surface area (Å²) in [6.45, 7) is 0. The number of hydrogen-bond acceptors (Lipinski definition) is 1. The van der Waals surface area contributed by atoms with E-state index in [-0.39, 0.29) is 0 Å². The summed E-state index contributed by atoms with van der Waals surface area (Å²) in [4.78, 5) is 3.94. The lowest BCUT2D eigenvalue weighted by molar-refractivity contribution is -0.268. The number of carbonyl (C=O) groups excluding carboxylic acids is 1. The lowest BCUT2D eigenvalue weighted by Gasteiger charge is -2.25. The van der Waals surface area contributed by atoms with Gasteiger partial charge >= 0.3 is 22.7 Å². The highest BCUT2D eigenvalue weighted by Gasteiger charge is 2.74. The van der Waals surface area contributed by atoms with Crippen LogP contribution in [0.25, 0.3) is 0 Å². The summed E-state index contributed by atoms with van der Waals surface area (Å²) in [6.07, 6.45) is 0. The maximum Gasteiger partial charge on any atom is 0.405 e. The standard InChI is InChI=1S/C4BrF7O/c5-4(11,12)3(9,10)2(7,8)1(6)13. The van der Waals surface area contributed by atoms with Gasteiger partial charge in [-0.1, -0.05) is 0 Å². The van der Waals surface area contributed by atoms with Crippen molar-refractivity contribution >= 4 is 22.0 Å². The molecule has 0 amide bonds. The summed E-state index contributed by atoms with van der Waals surface area (Å²) in [5, 5.41) is 0. The highest BCUT2D eigenvalue weighted by Crippen LogP contribution is 2.49. The summed E-state index contributed by atoms with van der Waals surface area (Å²) in [5.74, 6) is -12.2. The molecule has 0 rings (SSSR count). The van der Waals surface area contributed by atoms with Crippen molar-refractivity contribution in [3.63, 3.8) is 0 Å². The van der Waals surface area contributed by atoms with E-state index in [2.05, 4.69) is 0 Å². The maximum absolute atomic E-state index is 12.0. The van der Waals surface area contributed by atoms with Gasteiger partial charge in [-0.2, -0.15) is 30.7 Å². The molecule has 0 aromatic rings. The zero-order valence-electron chi connectivity index (χ0n) is 5.43. The van der Waals surface area contributed by atoms with Crippen LogP contribution in [0.4, 0.5) is 30.7 Å². The van der Waals surface area contributed by atoms with Crippen LogP contribution in [0.3, 0.4) is 0 Å². The molecule has 78 valence electrons. The van der Waals surface area contributed by atoms with Crippen molar-refractivity contribution in [1.82, 2.24) is 0 Å². The third kappa shape index (κ3) is 1.94. The van der Waals surface area contributed by atoms with E-state index in [0.717, 1.165) is 15.9 Å². The molecule has 1 nitrogen and oxygen atoms in total. The van der Waals surface area contributed by atoms with Crippen LogP contribution < -0.4 is 0 Å². The normalized spacial score (nSPS) is 14.5. The second kappa shape index (κ2) is 3.10. The molecule has 0 spiro atoms. The van der Waals surface area contributed by atoms with E-state index >= 15 is 0 Å². The van der Waals surface area contributed by atoms with Gasteiger partial charge < -0.3 is 0 Å². The summed E-state index contributed by atoms with van der Waals surface area (Å²) < 4.78 is 82.3. The predicted octanol–water partition coefficient (Wildman–Crippen LogP) is 2.74. The number of carbonyl (C=O) groups is 1. The van der Waals surface area contributed by atoms with Crippen LogP contribution in [-0.4, -0.2) is 22.7 Å². The van der Waals surface area contributed by atoms with Crippen molar-refractivity contribution in [2.45, 2.75) is 16.7 Å². The van der Waals surface area contributed by atoms with Gasteiger partial charge in [0, 0.05) is 0 Å². The second-order valence-electron chi connectivity index (χ2n) is 1.92. The van der Waals surface area contributed by atoms with E-state index in [0.29, 0.717) is 0 Å². The summed E-state index contributed by atoms with van der Waals surface area (Å²) >= 11 is 0.922. The van der Waals surface area contributed by atoms with E-state index in [4.69, 9.17) is 0 Å². The minimum atomic E-state index is -6.12. The molecule has 0 aromatic heterocycles. The average Bonchev–Trinajstić information content (AvgIpc) is 1.84. The molecule has 0 saturated heterocycles. The zero-order valence-corrected chi connectivity index (χ0v) is 7.02. The van der Waals surface area contributed by atoms with Crippen LogP contribution in [0.15, 0.2) is 0 Å². The SMILES string of the molecule is O=C(F)C(F)(F)C(F)(F)C(F)(F)Br. The number of rotatable bonds is 3. The van der Waals surface area contributed by atoms with Crippen LogP contribution in [-0.2, 0) is 4.79 Å². The Bertz CT molecular complexity index is 219. The van der Waals surface area contributed by atoms with E-state index in [1.54, 1.807) is 0 Å². The van der Waals surface area contributed by atoms with Gasteiger partial charge in [0.25, 0.3) is 0 Å². The largest absolute Gasteiger partial charge is 0.405 e. The quantitative estimate of drug-likeness (QED) is 0.440. The first-order valence-corrected chi connectivity index (χ1v) is 3.26. The molecule has 9 heteroatoms. The molecular weight excluding hydrogens is 277 g/mol. The average molecular weight is 277 g/mol. The highest BCUT2D eigenvalue weighted by atomic mass is 79.9. The topological polar surface area (TPSA) is 17.1 Å². The van der Waals surface area contributed by atoms with Crippen LogP contribution in [0.2, 0.25) is 0 Å². The summed E-state index contributed by atoms with van der Waals surface area (Å²) in [6, 6.07) is -3.82. The molecule has 0 bridgehead atoms. The molecule has 0 atom stereocenters. The van der Waals surface area contributed by atoms with Crippen LogP contribution in [0, 0.1) is 0 Å². The highest BCUT2D eigenvalue weighted by molar-refractivity contribution is 9.10. The molecule has 13 heavy (non-hydrogen) atoms. The van der Waals surface area contributed by atoms with E-state index < -0.39 is 22.7 Å². The first kappa shape index (κ1) is 12.7. The summed E-state index contributed by atoms with van der Waals surface area (Å²) in [7, 11) is 0. The summed E-state index contributed by atoms with van der Waals surface area (Å²) in [5.41, 5.74) is 0. The van der Waals surface area contributed by atoms with Crippen molar-refractivity contribution in [3.8, 4) is 0 Å². The molecule has 0 N–H and O–H groups in total. The molecule has 0 fully saturated rings. The molecule has 0 aromatic carbocycles. The molecule has 0 aliphatic carbocycles. The van der Waals surface area contributed by atoms with Crippen molar-refractivity contribution in [2.24, 2.45) is 0 Å². The lowest BCUT2D eigenvalue weighted by atomic mass is 10.2. The Morgan fingerprint density at radius 3 is 1.38 bits per heavy atom. The van der Waals surface area contributed by atoms with E-state index in [9.17, 15) is 35.5 Å². The molecule has 0 aliphatic heterocycles. The second-order valence-corrected chi connectivity index (χ2v) is 2.92. The molecule has 0 saturated carbocycles. The molecule has 0 heterocycles. The fourth-order valence-electron chi connectivity index (χ4n) is 0.301. The molecule has 0 unspecified atom stereocenters. The third-order valence-corrected chi connectivity index (χ3v) is 1.50. The smallest absolute Gasteiger partial charge is 0.254 e. The predicted molar refractivity (Wildman–Crippen MR) is 29.9 cm³/mol. The molecule has 0 radical (unpaired) electrons. The minimum absolute atomic E-state index is 0.922. The Morgan fingerprint density at radius 2 is 1.31 bits per heavy atom. The van der Waals surface area contributed by atoms with Crippen LogP contribution >= 0.6 is 15.9 Å².